The first-order chi connectivity index (χ1) is 31.8. The van der Waals surface area contributed by atoms with Gasteiger partial charge in [0.2, 0.25) is 0 Å². The number of amides is 1. The van der Waals surface area contributed by atoms with Gasteiger partial charge in [-0.2, -0.15) is 0 Å². The lowest BCUT2D eigenvalue weighted by Gasteiger charge is -2.21. The molecule has 0 bridgehead atoms. The average Bonchev–Trinajstić information content (AvgIpc) is 4.24. The van der Waals surface area contributed by atoms with Gasteiger partial charge in [0.1, 0.15) is 22.7 Å². The molecule has 8 aromatic rings. The molecule has 0 saturated carbocycles. The van der Waals surface area contributed by atoms with Crippen LogP contribution in [0.5, 0.6) is 0 Å². The summed E-state index contributed by atoms with van der Waals surface area (Å²) in [6.07, 6.45) is 8.16. The van der Waals surface area contributed by atoms with Crippen molar-refractivity contribution >= 4 is 33.9 Å². The summed E-state index contributed by atoms with van der Waals surface area (Å²) in [6, 6.07) is 38.9. The molecular formula is C52H50N8O5. The second kappa shape index (κ2) is 18.2. The Morgan fingerprint density at radius 1 is 0.600 bits per heavy atom. The van der Waals surface area contributed by atoms with E-state index in [0.29, 0.717) is 16.8 Å². The van der Waals surface area contributed by atoms with Crippen LogP contribution in [0.1, 0.15) is 46.7 Å². The second-order valence-corrected chi connectivity index (χ2v) is 17.6. The van der Waals surface area contributed by atoms with Crippen LogP contribution in [-0.2, 0) is 9.47 Å². The lowest BCUT2D eigenvalue weighted by atomic mass is 9.87. The van der Waals surface area contributed by atoms with Crippen LogP contribution >= 0.6 is 0 Å². The second-order valence-electron chi connectivity index (χ2n) is 17.6. The van der Waals surface area contributed by atoms with Gasteiger partial charge in [-0.25, -0.2) is 24.7 Å². The van der Waals surface area contributed by atoms with Crippen LogP contribution in [-0.4, -0.2) is 104 Å². The van der Waals surface area contributed by atoms with E-state index in [1.54, 1.807) is 24.4 Å². The van der Waals surface area contributed by atoms with Crippen molar-refractivity contribution in [2.45, 2.75) is 25.7 Å². The number of carbonyl (C=O) groups is 2. The molecule has 12 rings (SSSR count). The highest BCUT2D eigenvalue weighted by Crippen LogP contribution is 2.39. The molecule has 6 aromatic heterocycles. The zero-order valence-corrected chi connectivity index (χ0v) is 36.0. The maximum atomic E-state index is 13.1. The van der Waals surface area contributed by atoms with E-state index in [-0.39, 0.29) is 17.0 Å². The van der Waals surface area contributed by atoms with E-state index in [1.807, 2.05) is 83.9 Å². The van der Waals surface area contributed by atoms with Gasteiger partial charge < -0.3 is 34.8 Å². The molecule has 0 aliphatic carbocycles. The minimum Gasteiger partial charge on any atom is -0.477 e. The molecule has 4 saturated heterocycles. The number of aromatic amines is 2. The number of H-pyrrole nitrogens is 2. The van der Waals surface area contributed by atoms with Crippen LogP contribution in [0, 0.1) is 10.8 Å². The molecule has 2 aromatic carbocycles. The molecule has 2 spiro atoms. The third kappa shape index (κ3) is 9.17. The molecule has 4 fully saturated rings. The normalized spacial score (nSPS) is 20.0. The van der Waals surface area contributed by atoms with Crippen LogP contribution < -0.4 is 5.32 Å². The fourth-order valence-electron chi connectivity index (χ4n) is 9.31. The van der Waals surface area contributed by atoms with Crippen molar-refractivity contribution in [2.24, 2.45) is 10.8 Å². The maximum Gasteiger partial charge on any atom is 0.354 e. The van der Waals surface area contributed by atoms with E-state index in [9.17, 15) is 9.59 Å². The number of ether oxygens (including phenoxy) is 2. The number of aromatic nitrogens is 6. The summed E-state index contributed by atoms with van der Waals surface area (Å²) in [5.41, 5.74) is 10.1. The lowest BCUT2D eigenvalue weighted by molar-refractivity contribution is 0.0689. The summed E-state index contributed by atoms with van der Waals surface area (Å²) in [7, 11) is 0. The zero-order valence-electron chi connectivity index (χ0n) is 36.0. The van der Waals surface area contributed by atoms with Gasteiger partial charge in [-0.15, -0.1) is 0 Å². The predicted molar refractivity (Wildman–Crippen MR) is 250 cm³/mol. The van der Waals surface area contributed by atoms with Gasteiger partial charge in [0.05, 0.1) is 24.6 Å². The van der Waals surface area contributed by atoms with Gasteiger partial charge >= 0.3 is 5.97 Å². The Hall–Kier alpha value is -7.06. The molecule has 4 N–H and O–H groups in total. The summed E-state index contributed by atoms with van der Waals surface area (Å²) >= 11 is 0. The van der Waals surface area contributed by atoms with Crippen LogP contribution in [0.15, 0.2) is 134 Å². The molecule has 10 heterocycles. The van der Waals surface area contributed by atoms with Gasteiger partial charge in [0, 0.05) is 89.4 Å². The first-order valence-corrected chi connectivity index (χ1v) is 22.2. The number of benzene rings is 2. The molecule has 65 heavy (non-hydrogen) atoms. The number of carboxylic acids is 1. The van der Waals surface area contributed by atoms with E-state index in [0.717, 1.165) is 114 Å². The minimum absolute atomic E-state index is 0.00216. The quantitative estimate of drug-likeness (QED) is 0.127. The average molecular weight is 867 g/mol. The number of pyridine rings is 4. The molecule has 328 valence electrons. The van der Waals surface area contributed by atoms with Crippen LogP contribution in [0.25, 0.3) is 67.1 Å². The summed E-state index contributed by atoms with van der Waals surface area (Å²) in [5, 5.41) is 14.4. The van der Waals surface area contributed by atoms with E-state index < -0.39 is 5.97 Å². The number of aromatic carboxylic acids is 1. The maximum absolute atomic E-state index is 13.1. The summed E-state index contributed by atoms with van der Waals surface area (Å²) in [5.74, 6) is -1.04. The van der Waals surface area contributed by atoms with Crippen molar-refractivity contribution in [1.29, 1.82) is 0 Å². The molecule has 1 amide bonds. The van der Waals surface area contributed by atoms with Crippen molar-refractivity contribution in [3.05, 3.63) is 145 Å². The Balaban J connectivity index is 0.000000132. The number of carboxylic acid groups (broad SMARTS) is 1. The number of hydrogen-bond donors (Lipinski definition) is 4. The molecule has 4 aliphatic heterocycles. The number of hydrogen-bond acceptors (Lipinski definition) is 9. The van der Waals surface area contributed by atoms with Gasteiger partial charge in [0.15, 0.2) is 0 Å². The number of rotatable bonds is 6. The summed E-state index contributed by atoms with van der Waals surface area (Å²) in [6.45, 7) is 7.47. The summed E-state index contributed by atoms with van der Waals surface area (Å²) in [4.78, 5) is 50.7. The SMILES string of the molecule is C1CC2(CCOC2)CN1.O=C(O)c1cccc(-c2cnc3[nH]c(-c4ccccc4)cc3c2)n1.O=C(c1cccc(-c2cnc3[nH]c(-c4ccccc4)cc3c2)n1)N1CCC2(CCOC2)C1. The Bertz CT molecular complexity index is 2930. The highest BCUT2D eigenvalue weighted by molar-refractivity contribution is 5.93. The van der Waals surface area contributed by atoms with Crippen LogP contribution in [0.4, 0.5) is 0 Å². The Labute approximate surface area is 376 Å². The van der Waals surface area contributed by atoms with E-state index in [1.165, 1.54) is 32.0 Å². The van der Waals surface area contributed by atoms with Crippen LogP contribution in [0.2, 0.25) is 0 Å². The van der Waals surface area contributed by atoms with Gasteiger partial charge in [-0.1, -0.05) is 72.8 Å². The summed E-state index contributed by atoms with van der Waals surface area (Å²) < 4.78 is 10.9. The van der Waals surface area contributed by atoms with Crippen molar-refractivity contribution < 1.29 is 24.2 Å². The van der Waals surface area contributed by atoms with Crippen LogP contribution in [0.3, 0.4) is 0 Å². The first-order valence-electron chi connectivity index (χ1n) is 22.2. The largest absolute Gasteiger partial charge is 0.477 e. The Morgan fingerprint density at radius 2 is 1.15 bits per heavy atom. The molecule has 2 unspecified atom stereocenters. The molecular weight excluding hydrogens is 817 g/mol. The first kappa shape index (κ1) is 41.9. The minimum atomic E-state index is -1.04. The van der Waals surface area contributed by atoms with Crippen molar-refractivity contribution in [2.75, 3.05) is 52.6 Å². The van der Waals surface area contributed by atoms with E-state index in [2.05, 4.69) is 54.5 Å². The van der Waals surface area contributed by atoms with Gasteiger partial charge in [-0.3, -0.25) is 4.79 Å². The fraction of sp³-hybridized carbons (Fsp3) is 0.269. The van der Waals surface area contributed by atoms with E-state index in [4.69, 9.17) is 19.6 Å². The molecule has 4 aliphatic rings. The number of carbonyl (C=O) groups excluding carboxylic acids is 1. The van der Waals surface area contributed by atoms with Gasteiger partial charge in [0.25, 0.3) is 5.91 Å². The molecule has 0 radical (unpaired) electrons. The zero-order chi connectivity index (χ0) is 44.2. The predicted octanol–water partition coefficient (Wildman–Crippen LogP) is 8.92. The third-order valence-electron chi connectivity index (χ3n) is 13.1. The number of nitrogens with zero attached hydrogens (tertiary/aromatic N) is 5. The smallest absolute Gasteiger partial charge is 0.354 e. The fourth-order valence-corrected chi connectivity index (χ4v) is 9.31. The van der Waals surface area contributed by atoms with Crippen molar-refractivity contribution in [3.63, 3.8) is 0 Å². The Morgan fingerprint density at radius 3 is 1.68 bits per heavy atom. The monoisotopic (exact) mass is 866 g/mol. The highest BCUT2D eigenvalue weighted by atomic mass is 16.5. The molecule has 13 nitrogen and oxygen atoms in total. The van der Waals surface area contributed by atoms with Crippen molar-refractivity contribution in [1.82, 2.24) is 40.1 Å². The third-order valence-corrected chi connectivity index (χ3v) is 13.1. The van der Waals surface area contributed by atoms with Gasteiger partial charge in [-0.05, 0) is 91.9 Å². The van der Waals surface area contributed by atoms with E-state index >= 15 is 0 Å². The lowest BCUT2D eigenvalue weighted by Crippen LogP contribution is -2.33. The number of fused-ring (bicyclic) bond motifs is 2. The Kier molecular flexibility index (Phi) is 11.7. The number of likely N-dealkylation sites (tertiary alicyclic amines) is 1. The number of nitrogens with one attached hydrogen (secondary N) is 3. The molecule has 13 heteroatoms. The molecule has 2 atom stereocenters. The standard InChI is InChI=1S/C26H24N4O2.C19H13N3O2.C7H13NO/c31-25(30-11-9-26(16-30)10-12-32-17-26)22-8-4-7-21(28-22)20-13-19-14-23(29-24(19)27-15-20)18-5-2-1-3-6-18;23-19(24)16-8-4-7-15(21-16)14-9-13-10-17(22-18(13)20-11-14)12-5-2-1-3-6-12;1-3-8-5-7(1)2-4-9-6-7/h1-8,13-15H,9-12,16-17H2,(H,27,29);1-11H,(H,20,22)(H,23,24);8H,1-6H2. The topological polar surface area (TPSA) is 171 Å². The van der Waals surface area contributed by atoms with Crippen molar-refractivity contribution in [3.8, 4) is 45.0 Å². The highest BCUT2D eigenvalue weighted by Gasteiger charge is 2.43.